The molecular formula is C21H27N3O. The quantitative estimate of drug-likeness (QED) is 0.870. The summed E-state index contributed by atoms with van der Waals surface area (Å²) in [6.07, 6.45) is 12.6. The molecule has 3 saturated carbocycles. The van der Waals surface area contributed by atoms with Crippen LogP contribution < -0.4 is 10.9 Å². The second kappa shape index (κ2) is 6.17. The highest BCUT2D eigenvalue weighted by Gasteiger charge is 2.43. The SMILES string of the molecule is O=c1[nH]ccc2cc(NC3CCC(N(C4CC4)C4CC4)CC3)ccc12. The van der Waals surface area contributed by atoms with Crippen LogP contribution >= 0.6 is 0 Å². The van der Waals surface area contributed by atoms with Gasteiger partial charge in [0, 0.05) is 41.4 Å². The van der Waals surface area contributed by atoms with E-state index in [1.54, 1.807) is 6.20 Å². The van der Waals surface area contributed by atoms with E-state index in [1.807, 2.05) is 18.2 Å². The van der Waals surface area contributed by atoms with Gasteiger partial charge in [-0.05, 0) is 81.0 Å². The van der Waals surface area contributed by atoms with E-state index in [0.29, 0.717) is 6.04 Å². The summed E-state index contributed by atoms with van der Waals surface area (Å²) in [5.74, 6) is 0. The molecule has 132 valence electrons. The van der Waals surface area contributed by atoms with Crippen molar-refractivity contribution < 1.29 is 0 Å². The molecular weight excluding hydrogens is 310 g/mol. The van der Waals surface area contributed by atoms with Crippen molar-refractivity contribution in [1.82, 2.24) is 9.88 Å². The Morgan fingerprint density at radius 2 is 1.52 bits per heavy atom. The van der Waals surface area contributed by atoms with Crippen LogP contribution in [-0.4, -0.2) is 34.1 Å². The third-order valence-electron chi connectivity index (χ3n) is 6.20. The van der Waals surface area contributed by atoms with E-state index >= 15 is 0 Å². The van der Waals surface area contributed by atoms with Gasteiger partial charge in [0.15, 0.2) is 0 Å². The Kier molecular flexibility index (Phi) is 3.81. The lowest BCUT2D eigenvalue weighted by atomic mass is 9.89. The average molecular weight is 337 g/mol. The number of nitrogens with one attached hydrogen (secondary N) is 2. The van der Waals surface area contributed by atoms with Gasteiger partial charge in [-0.25, -0.2) is 0 Å². The molecule has 0 amide bonds. The number of benzene rings is 1. The lowest BCUT2D eigenvalue weighted by Crippen LogP contribution is -2.43. The molecule has 25 heavy (non-hydrogen) atoms. The zero-order valence-corrected chi connectivity index (χ0v) is 14.7. The minimum Gasteiger partial charge on any atom is -0.382 e. The predicted octanol–water partition coefficient (Wildman–Crippen LogP) is 3.88. The van der Waals surface area contributed by atoms with Gasteiger partial charge in [0.25, 0.3) is 5.56 Å². The molecule has 0 saturated heterocycles. The number of aromatic nitrogens is 1. The van der Waals surface area contributed by atoms with Crippen molar-refractivity contribution in [2.75, 3.05) is 5.32 Å². The average Bonchev–Trinajstić information content (AvgIpc) is 3.52. The van der Waals surface area contributed by atoms with Gasteiger partial charge in [0.1, 0.15) is 0 Å². The van der Waals surface area contributed by atoms with Crippen molar-refractivity contribution in [1.29, 1.82) is 0 Å². The predicted molar refractivity (Wildman–Crippen MR) is 102 cm³/mol. The van der Waals surface area contributed by atoms with E-state index in [9.17, 15) is 4.79 Å². The van der Waals surface area contributed by atoms with E-state index in [-0.39, 0.29) is 5.56 Å². The van der Waals surface area contributed by atoms with E-state index in [0.717, 1.165) is 34.6 Å². The number of H-pyrrole nitrogens is 1. The van der Waals surface area contributed by atoms with Gasteiger partial charge in [0.05, 0.1) is 0 Å². The highest BCUT2D eigenvalue weighted by atomic mass is 16.1. The molecule has 3 aliphatic rings. The first-order valence-electron chi connectivity index (χ1n) is 9.93. The monoisotopic (exact) mass is 337 g/mol. The highest BCUT2D eigenvalue weighted by Crippen LogP contribution is 2.42. The molecule has 0 radical (unpaired) electrons. The fraction of sp³-hybridized carbons (Fsp3) is 0.571. The minimum absolute atomic E-state index is 0.00944. The van der Waals surface area contributed by atoms with Crippen LogP contribution in [0.3, 0.4) is 0 Å². The molecule has 0 aliphatic heterocycles. The molecule has 0 atom stereocenters. The lowest BCUT2D eigenvalue weighted by molar-refractivity contribution is 0.134. The zero-order valence-electron chi connectivity index (χ0n) is 14.7. The topological polar surface area (TPSA) is 48.1 Å². The lowest BCUT2D eigenvalue weighted by Gasteiger charge is -2.38. The first-order chi connectivity index (χ1) is 12.3. The van der Waals surface area contributed by atoms with E-state index < -0.39 is 0 Å². The maximum atomic E-state index is 11.8. The number of rotatable bonds is 5. The van der Waals surface area contributed by atoms with Crippen molar-refractivity contribution in [3.63, 3.8) is 0 Å². The molecule has 2 aromatic rings. The molecule has 1 heterocycles. The standard InChI is InChI=1S/C21H27N3O/c25-21-20-10-3-16(13-14(20)11-12-22-21)23-15-1-4-17(5-2-15)24(18-6-7-18)19-8-9-19/h3,10-13,15,17-19,23H,1-2,4-9H2,(H,22,25). The Morgan fingerprint density at radius 1 is 0.880 bits per heavy atom. The number of anilines is 1. The van der Waals surface area contributed by atoms with Gasteiger partial charge in [-0.1, -0.05) is 0 Å². The molecule has 0 bridgehead atoms. The van der Waals surface area contributed by atoms with Crippen LogP contribution in [0.4, 0.5) is 5.69 Å². The Bertz CT molecular complexity index is 801. The van der Waals surface area contributed by atoms with Crippen LogP contribution in [0.25, 0.3) is 10.8 Å². The summed E-state index contributed by atoms with van der Waals surface area (Å²) in [5.41, 5.74) is 1.13. The van der Waals surface area contributed by atoms with Crippen LogP contribution in [0, 0.1) is 0 Å². The van der Waals surface area contributed by atoms with Crippen LogP contribution in [-0.2, 0) is 0 Å². The second-order valence-corrected chi connectivity index (χ2v) is 8.17. The molecule has 1 aromatic carbocycles. The number of fused-ring (bicyclic) bond motifs is 1. The van der Waals surface area contributed by atoms with Crippen LogP contribution in [0.5, 0.6) is 0 Å². The number of hydrogen-bond acceptors (Lipinski definition) is 3. The summed E-state index contributed by atoms with van der Waals surface area (Å²) in [5, 5.41) is 5.49. The molecule has 4 nitrogen and oxygen atoms in total. The van der Waals surface area contributed by atoms with Crippen molar-refractivity contribution in [3.05, 3.63) is 40.8 Å². The van der Waals surface area contributed by atoms with Gasteiger partial charge >= 0.3 is 0 Å². The van der Waals surface area contributed by atoms with E-state index in [2.05, 4.69) is 21.3 Å². The normalized spacial score (nSPS) is 26.9. The van der Waals surface area contributed by atoms with Crippen LogP contribution in [0.1, 0.15) is 51.4 Å². The van der Waals surface area contributed by atoms with Crippen molar-refractivity contribution in [2.45, 2.75) is 75.5 Å². The summed E-state index contributed by atoms with van der Waals surface area (Å²) < 4.78 is 0. The number of aromatic amines is 1. The molecule has 1 aromatic heterocycles. The summed E-state index contributed by atoms with van der Waals surface area (Å²) in [7, 11) is 0. The summed E-state index contributed by atoms with van der Waals surface area (Å²) >= 11 is 0. The Morgan fingerprint density at radius 3 is 2.16 bits per heavy atom. The Hall–Kier alpha value is -1.81. The molecule has 3 fully saturated rings. The first-order valence-corrected chi connectivity index (χ1v) is 9.93. The Balaban J connectivity index is 1.23. The van der Waals surface area contributed by atoms with Crippen molar-refractivity contribution in [2.24, 2.45) is 0 Å². The molecule has 5 rings (SSSR count). The highest BCUT2D eigenvalue weighted by molar-refractivity contribution is 5.84. The van der Waals surface area contributed by atoms with Gasteiger partial charge in [-0.3, -0.25) is 9.69 Å². The molecule has 2 N–H and O–H groups in total. The number of hydrogen-bond donors (Lipinski definition) is 2. The van der Waals surface area contributed by atoms with Crippen molar-refractivity contribution >= 4 is 16.5 Å². The first kappa shape index (κ1) is 15.4. The van der Waals surface area contributed by atoms with Crippen LogP contribution in [0.15, 0.2) is 35.3 Å². The number of nitrogens with zero attached hydrogens (tertiary/aromatic N) is 1. The minimum atomic E-state index is -0.00944. The van der Waals surface area contributed by atoms with Gasteiger partial charge < -0.3 is 10.3 Å². The van der Waals surface area contributed by atoms with Gasteiger partial charge in [-0.2, -0.15) is 0 Å². The van der Waals surface area contributed by atoms with Crippen LogP contribution in [0.2, 0.25) is 0 Å². The summed E-state index contributed by atoms with van der Waals surface area (Å²) in [6, 6.07) is 11.3. The van der Waals surface area contributed by atoms with E-state index in [4.69, 9.17) is 0 Å². The Labute approximate surface area is 148 Å². The number of pyridine rings is 1. The summed E-state index contributed by atoms with van der Waals surface area (Å²) in [4.78, 5) is 17.4. The van der Waals surface area contributed by atoms with E-state index in [1.165, 1.54) is 51.4 Å². The fourth-order valence-corrected chi connectivity index (χ4v) is 4.68. The molecule has 0 unspecified atom stereocenters. The smallest absolute Gasteiger partial charge is 0.255 e. The second-order valence-electron chi connectivity index (χ2n) is 8.17. The third kappa shape index (κ3) is 3.20. The fourth-order valence-electron chi connectivity index (χ4n) is 4.68. The van der Waals surface area contributed by atoms with Gasteiger partial charge in [0.2, 0.25) is 0 Å². The molecule has 4 heteroatoms. The largest absolute Gasteiger partial charge is 0.382 e. The zero-order chi connectivity index (χ0) is 16.8. The van der Waals surface area contributed by atoms with Crippen molar-refractivity contribution in [3.8, 4) is 0 Å². The summed E-state index contributed by atoms with van der Waals surface area (Å²) in [6.45, 7) is 0. The third-order valence-corrected chi connectivity index (χ3v) is 6.20. The maximum absolute atomic E-state index is 11.8. The molecule has 3 aliphatic carbocycles. The van der Waals surface area contributed by atoms with Gasteiger partial charge in [-0.15, -0.1) is 0 Å². The molecule has 0 spiro atoms. The maximum Gasteiger partial charge on any atom is 0.255 e.